The van der Waals surface area contributed by atoms with Gasteiger partial charge in [0.25, 0.3) is 0 Å². The Morgan fingerprint density at radius 3 is 2.71 bits per heavy atom. The highest BCUT2D eigenvalue weighted by Gasteiger charge is 2.01. The molecule has 0 spiro atoms. The van der Waals surface area contributed by atoms with E-state index in [2.05, 4.69) is 29.2 Å². The van der Waals surface area contributed by atoms with Gasteiger partial charge in [-0.3, -0.25) is 4.68 Å². The van der Waals surface area contributed by atoms with Crippen LogP contribution in [0.1, 0.15) is 26.7 Å². The van der Waals surface area contributed by atoms with Crippen molar-refractivity contribution < 1.29 is 0 Å². The van der Waals surface area contributed by atoms with Crippen molar-refractivity contribution in [1.29, 1.82) is 0 Å². The molecule has 1 N–H and O–H groups in total. The fourth-order valence-electron chi connectivity index (χ4n) is 1.43. The normalized spacial score (nSPS) is 11.1. The minimum atomic E-state index is 0.811. The summed E-state index contributed by atoms with van der Waals surface area (Å²) in [5, 5.41) is 7.48. The van der Waals surface area contributed by atoms with Crippen molar-refractivity contribution in [3.63, 3.8) is 0 Å². The maximum atomic E-state index is 4.04. The Labute approximate surface area is 85.7 Å². The predicted octanol–water partition coefficient (Wildman–Crippen LogP) is 1.30. The fourth-order valence-corrected chi connectivity index (χ4v) is 1.43. The first-order valence-electron chi connectivity index (χ1n) is 5.40. The summed E-state index contributed by atoms with van der Waals surface area (Å²) in [6.07, 6.45) is 5.83. The lowest BCUT2D eigenvalue weighted by atomic mass is 10.0. The SMILES string of the molecule is CCC(CC)CNCCn1cncn1. The number of nitrogens with one attached hydrogen (secondary N) is 1. The van der Waals surface area contributed by atoms with Crippen LogP contribution in [0.3, 0.4) is 0 Å². The summed E-state index contributed by atoms with van der Waals surface area (Å²) in [5.74, 6) is 0.811. The number of hydrogen-bond acceptors (Lipinski definition) is 3. The molecule has 4 nitrogen and oxygen atoms in total. The number of aromatic nitrogens is 3. The molecule has 1 aromatic heterocycles. The zero-order chi connectivity index (χ0) is 10.2. The van der Waals surface area contributed by atoms with Gasteiger partial charge in [-0.25, -0.2) is 4.98 Å². The van der Waals surface area contributed by atoms with Crippen LogP contribution in [0.15, 0.2) is 12.7 Å². The monoisotopic (exact) mass is 196 g/mol. The molecule has 80 valence electrons. The summed E-state index contributed by atoms with van der Waals surface area (Å²) in [6, 6.07) is 0. The summed E-state index contributed by atoms with van der Waals surface area (Å²) >= 11 is 0. The zero-order valence-corrected chi connectivity index (χ0v) is 9.11. The Morgan fingerprint density at radius 2 is 2.14 bits per heavy atom. The molecule has 1 aromatic rings. The van der Waals surface area contributed by atoms with Crippen LogP contribution in [0, 0.1) is 5.92 Å². The third-order valence-electron chi connectivity index (χ3n) is 2.57. The lowest BCUT2D eigenvalue weighted by Gasteiger charge is -2.12. The topological polar surface area (TPSA) is 42.7 Å². The van der Waals surface area contributed by atoms with Gasteiger partial charge in [0.2, 0.25) is 0 Å². The minimum Gasteiger partial charge on any atom is -0.315 e. The van der Waals surface area contributed by atoms with Crippen LogP contribution < -0.4 is 5.32 Å². The van der Waals surface area contributed by atoms with Gasteiger partial charge in [0, 0.05) is 6.54 Å². The molecule has 0 amide bonds. The van der Waals surface area contributed by atoms with E-state index in [0.717, 1.165) is 25.6 Å². The standard InChI is InChI=1S/C10H20N4/c1-3-10(4-2)7-11-5-6-14-9-12-8-13-14/h8-11H,3-7H2,1-2H3. The maximum absolute atomic E-state index is 4.04. The maximum Gasteiger partial charge on any atom is 0.137 e. The molecule has 0 fully saturated rings. The summed E-state index contributed by atoms with van der Waals surface area (Å²) in [4.78, 5) is 3.89. The van der Waals surface area contributed by atoms with E-state index in [4.69, 9.17) is 0 Å². The number of rotatable bonds is 7. The third-order valence-corrected chi connectivity index (χ3v) is 2.57. The molecular formula is C10H20N4. The number of hydrogen-bond donors (Lipinski definition) is 1. The molecule has 0 aliphatic rings. The van der Waals surface area contributed by atoms with E-state index in [1.165, 1.54) is 12.8 Å². The average molecular weight is 196 g/mol. The summed E-state index contributed by atoms with van der Waals surface area (Å²) in [6.45, 7) is 7.47. The molecule has 4 heteroatoms. The molecule has 0 aromatic carbocycles. The first kappa shape index (κ1) is 11.2. The van der Waals surface area contributed by atoms with Gasteiger partial charge in [-0.2, -0.15) is 5.10 Å². The van der Waals surface area contributed by atoms with E-state index in [0.29, 0.717) is 0 Å². The second-order valence-corrected chi connectivity index (χ2v) is 3.55. The molecule has 0 radical (unpaired) electrons. The second kappa shape index (κ2) is 6.54. The van der Waals surface area contributed by atoms with Crippen LogP contribution in [-0.4, -0.2) is 27.9 Å². The van der Waals surface area contributed by atoms with Crippen LogP contribution >= 0.6 is 0 Å². The zero-order valence-electron chi connectivity index (χ0n) is 9.11. The molecule has 0 aliphatic heterocycles. The Hall–Kier alpha value is -0.900. The average Bonchev–Trinajstić information content (AvgIpc) is 2.71. The summed E-state index contributed by atoms with van der Waals surface area (Å²) < 4.78 is 1.85. The van der Waals surface area contributed by atoms with Crippen LogP contribution in [0.5, 0.6) is 0 Å². The van der Waals surface area contributed by atoms with Crippen LogP contribution in [-0.2, 0) is 6.54 Å². The molecular weight excluding hydrogens is 176 g/mol. The van der Waals surface area contributed by atoms with E-state index in [-0.39, 0.29) is 0 Å². The Kier molecular flexibility index (Phi) is 5.22. The van der Waals surface area contributed by atoms with E-state index < -0.39 is 0 Å². The third kappa shape index (κ3) is 3.87. The molecule has 1 rings (SSSR count). The van der Waals surface area contributed by atoms with Crippen LogP contribution in [0.25, 0.3) is 0 Å². The van der Waals surface area contributed by atoms with Crippen LogP contribution in [0.4, 0.5) is 0 Å². The highest BCUT2D eigenvalue weighted by Crippen LogP contribution is 2.04. The van der Waals surface area contributed by atoms with Crippen molar-refractivity contribution in [2.24, 2.45) is 5.92 Å². The summed E-state index contributed by atoms with van der Waals surface area (Å²) in [7, 11) is 0. The Bertz CT molecular complexity index is 216. The summed E-state index contributed by atoms with van der Waals surface area (Å²) in [5.41, 5.74) is 0. The van der Waals surface area contributed by atoms with E-state index >= 15 is 0 Å². The smallest absolute Gasteiger partial charge is 0.137 e. The molecule has 0 unspecified atom stereocenters. The van der Waals surface area contributed by atoms with Gasteiger partial charge >= 0.3 is 0 Å². The van der Waals surface area contributed by atoms with Gasteiger partial charge in [0.1, 0.15) is 12.7 Å². The van der Waals surface area contributed by atoms with Gasteiger partial charge in [-0.1, -0.05) is 26.7 Å². The van der Waals surface area contributed by atoms with Crippen molar-refractivity contribution in [2.45, 2.75) is 33.2 Å². The van der Waals surface area contributed by atoms with E-state index in [1.807, 2.05) is 4.68 Å². The van der Waals surface area contributed by atoms with Gasteiger partial charge < -0.3 is 5.32 Å². The van der Waals surface area contributed by atoms with E-state index in [9.17, 15) is 0 Å². The van der Waals surface area contributed by atoms with Crippen LogP contribution in [0.2, 0.25) is 0 Å². The van der Waals surface area contributed by atoms with Gasteiger partial charge in [-0.05, 0) is 12.5 Å². The predicted molar refractivity (Wildman–Crippen MR) is 57.0 cm³/mol. The molecule has 1 heterocycles. The molecule has 14 heavy (non-hydrogen) atoms. The number of nitrogens with zero attached hydrogens (tertiary/aromatic N) is 3. The first-order chi connectivity index (χ1) is 6.86. The lowest BCUT2D eigenvalue weighted by Crippen LogP contribution is -2.26. The fraction of sp³-hybridized carbons (Fsp3) is 0.800. The molecule has 0 saturated carbocycles. The first-order valence-corrected chi connectivity index (χ1v) is 5.40. The minimum absolute atomic E-state index is 0.811. The molecule has 0 saturated heterocycles. The molecule has 0 aliphatic carbocycles. The quantitative estimate of drug-likeness (QED) is 0.668. The van der Waals surface area contributed by atoms with Crippen molar-refractivity contribution in [1.82, 2.24) is 20.1 Å². The van der Waals surface area contributed by atoms with Gasteiger partial charge in [0.05, 0.1) is 6.54 Å². The van der Waals surface area contributed by atoms with Crippen molar-refractivity contribution >= 4 is 0 Å². The largest absolute Gasteiger partial charge is 0.315 e. The Morgan fingerprint density at radius 1 is 1.36 bits per heavy atom. The Balaban J connectivity index is 2.04. The van der Waals surface area contributed by atoms with Gasteiger partial charge in [0.15, 0.2) is 0 Å². The van der Waals surface area contributed by atoms with Crippen molar-refractivity contribution in [3.05, 3.63) is 12.7 Å². The highest BCUT2D eigenvalue weighted by molar-refractivity contribution is 4.60. The van der Waals surface area contributed by atoms with E-state index in [1.54, 1.807) is 12.7 Å². The molecule has 0 bridgehead atoms. The highest BCUT2D eigenvalue weighted by atomic mass is 15.3. The van der Waals surface area contributed by atoms with Gasteiger partial charge in [-0.15, -0.1) is 0 Å². The lowest BCUT2D eigenvalue weighted by molar-refractivity contribution is 0.436. The molecule has 0 atom stereocenters. The van der Waals surface area contributed by atoms with Crippen molar-refractivity contribution in [2.75, 3.05) is 13.1 Å². The van der Waals surface area contributed by atoms with Crippen molar-refractivity contribution in [3.8, 4) is 0 Å². The second-order valence-electron chi connectivity index (χ2n) is 3.55.